The Morgan fingerprint density at radius 2 is 2.00 bits per heavy atom. The van der Waals surface area contributed by atoms with E-state index in [0.29, 0.717) is 5.92 Å². The molecule has 1 N–H and O–H groups in total. The number of carbonyl (C=O) groups is 1. The Kier molecular flexibility index (Phi) is 3.63. The van der Waals surface area contributed by atoms with E-state index in [4.69, 9.17) is 0 Å². The minimum atomic E-state index is -0.409. The number of nitrogens with zero attached hydrogens (tertiary/aromatic N) is 2. The highest BCUT2D eigenvalue weighted by Crippen LogP contribution is 2.35. The van der Waals surface area contributed by atoms with Crippen LogP contribution in [0.25, 0.3) is 0 Å². The molecule has 3 rings (SSSR count). The molecule has 2 fully saturated rings. The Labute approximate surface area is 123 Å². The molecule has 1 aromatic rings. The van der Waals surface area contributed by atoms with Gasteiger partial charge in [-0.25, -0.2) is 0 Å². The Balaban J connectivity index is 1.83. The van der Waals surface area contributed by atoms with Gasteiger partial charge in [0.2, 0.25) is 5.91 Å². The third-order valence-electron chi connectivity index (χ3n) is 4.23. The summed E-state index contributed by atoms with van der Waals surface area (Å²) in [5.74, 6) is 0.764. The molecule has 1 aliphatic carbocycles. The fourth-order valence-electron chi connectivity index (χ4n) is 2.80. The van der Waals surface area contributed by atoms with Crippen LogP contribution < -0.4 is 5.32 Å². The summed E-state index contributed by atoms with van der Waals surface area (Å²) in [4.78, 5) is 24.6. The van der Waals surface area contributed by atoms with E-state index in [1.165, 1.54) is 25.0 Å². The maximum Gasteiger partial charge on any atom is 0.269 e. The predicted octanol–water partition coefficient (Wildman–Crippen LogP) is 2.21. The summed E-state index contributed by atoms with van der Waals surface area (Å²) in [6.45, 7) is 2.77. The minimum absolute atomic E-state index is 0.0730. The van der Waals surface area contributed by atoms with E-state index in [1.54, 1.807) is 12.1 Å². The zero-order valence-corrected chi connectivity index (χ0v) is 12.0. The smallest absolute Gasteiger partial charge is 0.269 e. The summed E-state index contributed by atoms with van der Waals surface area (Å²) in [6.07, 6.45) is 2.97. The largest absolute Gasteiger partial charge is 0.321 e. The molecule has 2 aliphatic rings. The second-order valence-electron chi connectivity index (χ2n) is 5.81. The first-order valence-electron chi connectivity index (χ1n) is 7.41. The maximum absolute atomic E-state index is 12.4. The van der Waals surface area contributed by atoms with Crippen LogP contribution >= 0.6 is 0 Å². The van der Waals surface area contributed by atoms with Gasteiger partial charge < -0.3 is 4.90 Å². The van der Waals surface area contributed by atoms with Crippen molar-refractivity contribution in [3.8, 4) is 0 Å². The second kappa shape index (κ2) is 5.44. The Hall–Kier alpha value is -1.95. The van der Waals surface area contributed by atoms with E-state index < -0.39 is 4.92 Å². The first-order chi connectivity index (χ1) is 10.1. The van der Waals surface area contributed by atoms with Crippen LogP contribution in [0.2, 0.25) is 0 Å². The third-order valence-corrected chi connectivity index (χ3v) is 4.23. The van der Waals surface area contributed by atoms with Gasteiger partial charge in [-0.05, 0) is 42.9 Å². The summed E-state index contributed by atoms with van der Waals surface area (Å²) < 4.78 is 0. The van der Waals surface area contributed by atoms with Crippen LogP contribution in [0.3, 0.4) is 0 Å². The highest BCUT2D eigenvalue weighted by atomic mass is 16.6. The molecule has 0 radical (unpaired) electrons. The minimum Gasteiger partial charge on any atom is -0.321 e. The van der Waals surface area contributed by atoms with Crippen molar-refractivity contribution in [2.45, 2.75) is 38.4 Å². The normalized spacial score (nSPS) is 25.4. The third kappa shape index (κ3) is 2.76. The van der Waals surface area contributed by atoms with Gasteiger partial charge in [0, 0.05) is 18.7 Å². The first-order valence-corrected chi connectivity index (χ1v) is 7.41. The Bertz CT molecular complexity index is 554. The number of non-ortho nitro benzene ring substituents is 1. The molecule has 0 bridgehead atoms. The summed E-state index contributed by atoms with van der Waals surface area (Å²) >= 11 is 0. The van der Waals surface area contributed by atoms with Gasteiger partial charge in [0.15, 0.2) is 0 Å². The zero-order valence-electron chi connectivity index (χ0n) is 12.0. The summed E-state index contributed by atoms with van der Waals surface area (Å²) in [6, 6.07) is 6.32. The van der Waals surface area contributed by atoms with Crippen molar-refractivity contribution in [2.24, 2.45) is 5.92 Å². The number of hydrogen-bond donors (Lipinski definition) is 1. The Morgan fingerprint density at radius 3 is 2.52 bits per heavy atom. The average molecular weight is 289 g/mol. The van der Waals surface area contributed by atoms with Crippen LogP contribution in [-0.4, -0.2) is 28.3 Å². The molecule has 1 saturated heterocycles. The SMILES string of the molecule is CCC1NC(c2ccc([N+](=O)[O-])cc2)N(CC2CC2)C1=O. The summed E-state index contributed by atoms with van der Waals surface area (Å²) in [5, 5.41) is 14.1. The van der Waals surface area contributed by atoms with Gasteiger partial charge in [-0.1, -0.05) is 6.92 Å². The molecule has 0 spiro atoms. The molecule has 1 heterocycles. The van der Waals surface area contributed by atoms with Crippen LogP contribution in [0.4, 0.5) is 5.69 Å². The quantitative estimate of drug-likeness (QED) is 0.666. The fourth-order valence-corrected chi connectivity index (χ4v) is 2.80. The standard InChI is InChI=1S/C15H19N3O3/c1-2-13-15(19)17(9-10-3-4-10)14(16-13)11-5-7-12(8-6-11)18(20)21/h5-8,10,13-14,16H,2-4,9H2,1H3. The lowest BCUT2D eigenvalue weighted by Crippen LogP contribution is -2.32. The first kappa shape index (κ1) is 14.0. The second-order valence-corrected chi connectivity index (χ2v) is 5.81. The fraction of sp³-hybridized carbons (Fsp3) is 0.533. The van der Waals surface area contributed by atoms with E-state index in [9.17, 15) is 14.9 Å². The molecular weight excluding hydrogens is 270 g/mol. The molecule has 6 nitrogen and oxygen atoms in total. The van der Waals surface area contributed by atoms with Gasteiger partial charge in [0.05, 0.1) is 11.0 Å². The van der Waals surface area contributed by atoms with Gasteiger partial charge in [-0.3, -0.25) is 20.2 Å². The average Bonchev–Trinajstić information content (AvgIpc) is 3.25. The summed E-state index contributed by atoms with van der Waals surface area (Å²) in [5.41, 5.74) is 0.981. The number of amides is 1. The number of rotatable bonds is 5. The molecule has 1 amide bonds. The van der Waals surface area contributed by atoms with E-state index >= 15 is 0 Å². The Morgan fingerprint density at radius 1 is 1.33 bits per heavy atom. The van der Waals surface area contributed by atoms with Gasteiger partial charge in [0.1, 0.15) is 6.17 Å². The van der Waals surface area contributed by atoms with Gasteiger partial charge in [-0.2, -0.15) is 0 Å². The molecule has 2 atom stereocenters. The molecule has 1 aromatic carbocycles. The lowest BCUT2D eigenvalue weighted by molar-refractivity contribution is -0.384. The van der Waals surface area contributed by atoms with Crippen molar-refractivity contribution in [2.75, 3.05) is 6.54 Å². The number of benzene rings is 1. The van der Waals surface area contributed by atoms with Gasteiger partial charge in [0.25, 0.3) is 5.69 Å². The predicted molar refractivity (Wildman–Crippen MR) is 77.5 cm³/mol. The van der Waals surface area contributed by atoms with Crippen LogP contribution in [0.15, 0.2) is 24.3 Å². The van der Waals surface area contributed by atoms with Crippen molar-refractivity contribution in [1.29, 1.82) is 0 Å². The molecular formula is C15H19N3O3. The van der Waals surface area contributed by atoms with Crippen LogP contribution in [0.1, 0.15) is 37.9 Å². The number of hydrogen-bond acceptors (Lipinski definition) is 4. The number of carbonyl (C=O) groups excluding carboxylic acids is 1. The van der Waals surface area contributed by atoms with Crippen molar-refractivity contribution >= 4 is 11.6 Å². The molecule has 1 saturated carbocycles. The van der Waals surface area contributed by atoms with Crippen molar-refractivity contribution in [1.82, 2.24) is 10.2 Å². The van der Waals surface area contributed by atoms with Crippen LogP contribution in [0, 0.1) is 16.0 Å². The van der Waals surface area contributed by atoms with Crippen molar-refractivity contribution in [3.63, 3.8) is 0 Å². The molecule has 2 unspecified atom stereocenters. The van der Waals surface area contributed by atoms with Gasteiger partial charge >= 0.3 is 0 Å². The zero-order chi connectivity index (χ0) is 15.0. The highest BCUT2D eigenvalue weighted by Gasteiger charge is 2.41. The monoisotopic (exact) mass is 289 g/mol. The lowest BCUT2D eigenvalue weighted by atomic mass is 10.1. The summed E-state index contributed by atoms with van der Waals surface area (Å²) in [7, 11) is 0. The van der Waals surface area contributed by atoms with E-state index in [-0.39, 0.29) is 23.8 Å². The molecule has 112 valence electrons. The van der Waals surface area contributed by atoms with E-state index in [2.05, 4.69) is 5.32 Å². The maximum atomic E-state index is 12.4. The van der Waals surface area contributed by atoms with E-state index in [0.717, 1.165) is 18.5 Å². The number of nitrogens with one attached hydrogen (secondary N) is 1. The molecule has 0 aromatic heterocycles. The van der Waals surface area contributed by atoms with E-state index in [1.807, 2.05) is 11.8 Å². The van der Waals surface area contributed by atoms with Crippen LogP contribution in [0.5, 0.6) is 0 Å². The van der Waals surface area contributed by atoms with Crippen LogP contribution in [-0.2, 0) is 4.79 Å². The number of nitro benzene ring substituents is 1. The van der Waals surface area contributed by atoms with Crippen molar-refractivity contribution < 1.29 is 9.72 Å². The number of nitro groups is 1. The van der Waals surface area contributed by atoms with Gasteiger partial charge in [-0.15, -0.1) is 0 Å². The molecule has 1 aliphatic heterocycles. The van der Waals surface area contributed by atoms with Crippen molar-refractivity contribution in [3.05, 3.63) is 39.9 Å². The molecule has 6 heteroatoms. The topological polar surface area (TPSA) is 75.5 Å². The highest BCUT2D eigenvalue weighted by molar-refractivity contribution is 5.84. The lowest BCUT2D eigenvalue weighted by Gasteiger charge is -2.24. The molecule has 21 heavy (non-hydrogen) atoms.